The van der Waals surface area contributed by atoms with E-state index in [1.54, 1.807) is 0 Å². The molecule has 0 amide bonds. The second-order valence-electron chi connectivity index (χ2n) is 1.40. The minimum absolute atomic E-state index is 0. The normalized spacial score (nSPS) is 8.00. The van der Waals surface area contributed by atoms with Crippen molar-refractivity contribution >= 4 is 23.1 Å². The maximum absolute atomic E-state index is 2.12. The van der Waals surface area contributed by atoms with Crippen molar-refractivity contribution in [1.29, 1.82) is 0 Å². The summed E-state index contributed by atoms with van der Waals surface area (Å²) in [5, 5.41) is 0. The van der Waals surface area contributed by atoms with Crippen molar-refractivity contribution in [3.05, 3.63) is 0 Å². The monoisotopic (exact) mass is 99.1 g/mol. The predicted octanol–water partition coefficient (Wildman–Crippen LogP) is 0.412. The van der Waals surface area contributed by atoms with E-state index in [0.29, 0.717) is 0 Å². The summed E-state index contributed by atoms with van der Waals surface area (Å²) >= 11 is 0. The summed E-state index contributed by atoms with van der Waals surface area (Å²) in [4.78, 5) is 2.12. The summed E-state index contributed by atoms with van der Waals surface area (Å²) in [7, 11) is 4.11. The van der Waals surface area contributed by atoms with Gasteiger partial charge in [0.15, 0.2) is 0 Å². The van der Waals surface area contributed by atoms with Crippen LogP contribution in [0.25, 0.3) is 0 Å². The van der Waals surface area contributed by atoms with Crippen LogP contribution in [0, 0.1) is 0 Å². The largest absolute Gasteiger partial charge is 2.00 e. The quantitative estimate of drug-likeness (QED) is 0.431. The minimum atomic E-state index is 0. The molecular formula is C4H13MgN. The molecule has 0 aliphatic rings. The first-order valence-corrected chi connectivity index (χ1v) is 1.92. The van der Waals surface area contributed by atoms with Crippen molar-refractivity contribution in [2.24, 2.45) is 0 Å². The topological polar surface area (TPSA) is 3.24 Å². The van der Waals surface area contributed by atoms with E-state index in [0.717, 1.165) is 6.54 Å². The van der Waals surface area contributed by atoms with Gasteiger partial charge < -0.3 is 7.75 Å². The fourth-order valence-corrected chi connectivity index (χ4v) is 0. The third-order valence-electron chi connectivity index (χ3n) is 0.632. The molecule has 0 spiro atoms. The fraction of sp³-hybridized carbons (Fsp3) is 1.00. The van der Waals surface area contributed by atoms with E-state index in [9.17, 15) is 0 Å². The molecular weight excluding hydrogens is 86.4 g/mol. The number of hydrogen-bond donors (Lipinski definition) is 0. The molecule has 0 aromatic rings. The number of hydrogen-bond acceptors (Lipinski definition) is 1. The Morgan fingerprint density at radius 3 is 1.67 bits per heavy atom. The Kier molecular flexibility index (Phi) is 9.42. The van der Waals surface area contributed by atoms with Gasteiger partial charge in [-0.3, -0.25) is 0 Å². The smallest absolute Gasteiger partial charge is 1.00 e. The zero-order valence-corrected chi connectivity index (χ0v) is 6.28. The third kappa shape index (κ3) is 8.83. The average molecular weight is 99.5 g/mol. The van der Waals surface area contributed by atoms with Crippen LogP contribution in [0.5, 0.6) is 0 Å². The van der Waals surface area contributed by atoms with Gasteiger partial charge in [0.05, 0.1) is 0 Å². The van der Waals surface area contributed by atoms with Gasteiger partial charge in [0, 0.05) is 0 Å². The Morgan fingerprint density at radius 1 is 1.50 bits per heavy atom. The van der Waals surface area contributed by atoms with E-state index in [2.05, 4.69) is 25.9 Å². The predicted molar refractivity (Wildman–Crippen MR) is 32.2 cm³/mol. The maximum atomic E-state index is 2.12. The molecule has 0 rings (SSSR count). The molecule has 0 radical (unpaired) electrons. The van der Waals surface area contributed by atoms with Gasteiger partial charge in [-0.15, -0.1) is 0 Å². The van der Waals surface area contributed by atoms with Gasteiger partial charge in [-0.2, -0.15) is 0 Å². The average Bonchev–Trinajstić information content (AvgIpc) is 1.38. The van der Waals surface area contributed by atoms with Crippen LogP contribution in [0.15, 0.2) is 0 Å². The van der Waals surface area contributed by atoms with Crippen molar-refractivity contribution in [2.75, 3.05) is 20.6 Å². The van der Waals surface area contributed by atoms with E-state index < -0.39 is 0 Å². The zero-order valence-electron chi connectivity index (χ0n) is 6.86. The maximum Gasteiger partial charge on any atom is 2.00 e. The molecule has 0 aromatic heterocycles. The van der Waals surface area contributed by atoms with Crippen molar-refractivity contribution < 1.29 is 2.85 Å². The van der Waals surface area contributed by atoms with Crippen molar-refractivity contribution in [1.82, 2.24) is 4.90 Å². The van der Waals surface area contributed by atoms with Crippen LogP contribution in [-0.4, -0.2) is 48.6 Å². The van der Waals surface area contributed by atoms with Gasteiger partial charge in [-0.25, -0.2) is 0 Å². The van der Waals surface area contributed by atoms with E-state index in [-0.39, 0.29) is 25.9 Å². The molecule has 0 aromatic carbocycles. The molecule has 0 N–H and O–H groups in total. The van der Waals surface area contributed by atoms with Crippen LogP contribution in [0.3, 0.4) is 0 Å². The van der Waals surface area contributed by atoms with Gasteiger partial charge in [0.25, 0.3) is 0 Å². The van der Waals surface area contributed by atoms with Crippen molar-refractivity contribution in [2.45, 2.75) is 6.92 Å². The van der Waals surface area contributed by atoms with E-state index in [1.807, 2.05) is 0 Å². The molecule has 36 valence electrons. The molecule has 0 atom stereocenters. The first-order valence-electron chi connectivity index (χ1n) is 1.92. The molecule has 6 heavy (non-hydrogen) atoms. The van der Waals surface area contributed by atoms with Crippen LogP contribution in [0.4, 0.5) is 0 Å². The van der Waals surface area contributed by atoms with E-state index in [4.69, 9.17) is 0 Å². The SMILES string of the molecule is CCN(C)C.[H-].[H-].[Mg+2]. The first-order chi connectivity index (χ1) is 2.27. The van der Waals surface area contributed by atoms with Crippen LogP contribution < -0.4 is 0 Å². The van der Waals surface area contributed by atoms with Crippen molar-refractivity contribution in [3.8, 4) is 0 Å². The standard InChI is InChI=1S/C4H11N.Mg.2H/c1-4-5(2)3;;;/h4H2,1-3H3;;;/q;+2;2*-1. The summed E-state index contributed by atoms with van der Waals surface area (Å²) in [5.41, 5.74) is 0. The van der Waals surface area contributed by atoms with Crippen LogP contribution >= 0.6 is 0 Å². The summed E-state index contributed by atoms with van der Waals surface area (Å²) in [6.07, 6.45) is 0. The van der Waals surface area contributed by atoms with Gasteiger partial charge in [-0.1, -0.05) is 6.92 Å². The summed E-state index contributed by atoms with van der Waals surface area (Å²) in [6, 6.07) is 0. The molecule has 0 heterocycles. The third-order valence-corrected chi connectivity index (χ3v) is 0.632. The molecule has 0 saturated heterocycles. The van der Waals surface area contributed by atoms with Gasteiger partial charge >= 0.3 is 23.1 Å². The molecule has 0 saturated carbocycles. The second kappa shape index (κ2) is 5.73. The Balaban J connectivity index is -0.0000000267. The molecule has 0 fully saturated rings. The molecule has 0 aliphatic carbocycles. The summed E-state index contributed by atoms with van der Waals surface area (Å²) in [6.45, 7) is 3.26. The van der Waals surface area contributed by atoms with Crippen molar-refractivity contribution in [3.63, 3.8) is 0 Å². The Bertz CT molecular complexity index is 28.0. The zero-order chi connectivity index (χ0) is 4.28. The minimum Gasteiger partial charge on any atom is -1.00 e. The van der Waals surface area contributed by atoms with Gasteiger partial charge in [-0.05, 0) is 20.6 Å². The van der Waals surface area contributed by atoms with Crippen LogP contribution in [-0.2, 0) is 0 Å². The Morgan fingerprint density at radius 2 is 1.67 bits per heavy atom. The first kappa shape index (κ1) is 9.87. The van der Waals surface area contributed by atoms with Gasteiger partial charge in [0.1, 0.15) is 0 Å². The number of nitrogens with zero attached hydrogens (tertiary/aromatic N) is 1. The van der Waals surface area contributed by atoms with Crippen LogP contribution in [0.1, 0.15) is 9.78 Å². The molecule has 1 nitrogen and oxygen atoms in total. The summed E-state index contributed by atoms with van der Waals surface area (Å²) < 4.78 is 0. The second-order valence-corrected chi connectivity index (χ2v) is 1.40. The molecule has 0 unspecified atom stereocenters. The van der Waals surface area contributed by atoms with E-state index in [1.165, 1.54) is 0 Å². The Hall–Kier alpha value is 0.726. The number of rotatable bonds is 1. The fourth-order valence-electron chi connectivity index (χ4n) is 0. The molecule has 2 heteroatoms. The van der Waals surface area contributed by atoms with Gasteiger partial charge in [0.2, 0.25) is 0 Å². The van der Waals surface area contributed by atoms with E-state index >= 15 is 0 Å². The summed E-state index contributed by atoms with van der Waals surface area (Å²) in [5.74, 6) is 0. The van der Waals surface area contributed by atoms with Crippen LogP contribution in [0.2, 0.25) is 0 Å². The molecule has 0 aliphatic heterocycles. The Labute approximate surface area is 58.8 Å². The molecule has 0 bridgehead atoms.